The Bertz CT molecular complexity index is 622. The highest BCUT2D eigenvalue weighted by atomic mass is 79.9. The van der Waals surface area contributed by atoms with Crippen molar-refractivity contribution in [2.75, 3.05) is 0 Å². The number of benzene rings is 2. The summed E-state index contributed by atoms with van der Waals surface area (Å²) >= 11 is 3.51. The van der Waals surface area contributed by atoms with Crippen molar-refractivity contribution < 1.29 is 4.74 Å². The van der Waals surface area contributed by atoms with Crippen LogP contribution in [0.25, 0.3) is 10.8 Å². The van der Waals surface area contributed by atoms with Gasteiger partial charge in [0.05, 0.1) is 0 Å². The van der Waals surface area contributed by atoms with Gasteiger partial charge in [0.2, 0.25) is 0 Å². The monoisotopic (exact) mass is 316 g/mol. The molecule has 0 spiro atoms. The molecule has 2 fully saturated rings. The Kier molecular flexibility index (Phi) is 2.80. The van der Waals surface area contributed by atoms with Gasteiger partial charge in [0.15, 0.2) is 0 Å². The molecule has 3 atom stereocenters. The van der Waals surface area contributed by atoms with E-state index in [9.17, 15) is 0 Å². The highest BCUT2D eigenvalue weighted by Gasteiger charge is 2.40. The summed E-state index contributed by atoms with van der Waals surface area (Å²) in [6.07, 6.45) is 5.92. The Labute approximate surface area is 122 Å². The average Bonchev–Trinajstić information content (AvgIpc) is 3.01. The molecule has 0 amide bonds. The topological polar surface area (TPSA) is 9.23 Å². The molecule has 2 aromatic rings. The molecule has 1 nitrogen and oxygen atoms in total. The van der Waals surface area contributed by atoms with Crippen molar-refractivity contribution in [3.63, 3.8) is 0 Å². The molecular weight excluding hydrogens is 300 g/mol. The molecule has 19 heavy (non-hydrogen) atoms. The van der Waals surface area contributed by atoms with E-state index in [4.69, 9.17) is 4.74 Å². The van der Waals surface area contributed by atoms with Gasteiger partial charge in [0.25, 0.3) is 0 Å². The molecule has 3 unspecified atom stereocenters. The van der Waals surface area contributed by atoms with Crippen molar-refractivity contribution >= 4 is 26.7 Å². The molecule has 2 aliphatic rings. The van der Waals surface area contributed by atoms with Crippen molar-refractivity contribution in [1.29, 1.82) is 0 Å². The zero-order valence-corrected chi connectivity index (χ0v) is 12.4. The van der Waals surface area contributed by atoms with Crippen LogP contribution in [0.15, 0.2) is 40.9 Å². The van der Waals surface area contributed by atoms with Gasteiger partial charge in [-0.3, -0.25) is 0 Å². The maximum atomic E-state index is 6.24. The fourth-order valence-electron chi connectivity index (χ4n) is 3.77. The molecule has 0 aliphatic heterocycles. The van der Waals surface area contributed by atoms with Gasteiger partial charge in [-0.2, -0.15) is 0 Å². The van der Waals surface area contributed by atoms with Gasteiger partial charge in [-0.05, 0) is 72.6 Å². The molecule has 0 aromatic heterocycles. The first-order valence-electron chi connectivity index (χ1n) is 7.14. The van der Waals surface area contributed by atoms with Gasteiger partial charge in [0, 0.05) is 4.47 Å². The quantitative estimate of drug-likeness (QED) is 0.742. The lowest BCUT2D eigenvalue weighted by molar-refractivity contribution is 0.138. The molecule has 0 saturated heterocycles. The molecule has 2 saturated carbocycles. The largest absolute Gasteiger partial charge is 0.490 e. The smallest absolute Gasteiger partial charge is 0.120 e. The van der Waals surface area contributed by atoms with E-state index in [1.165, 1.54) is 36.5 Å². The minimum atomic E-state index is 0.464. The number of hydrogen-bond donors (Lipinski definition) is 0. The van der Waals surface area contributed by atoms with Gasteiger partial charge in [0.1, 0.15) is 11.9 Å². The van der Waals surface area contributed by atoms with Crippen molar-refractivity contribution in [3.05, 3.63) is 40.9 Å². The highest BCUT2D eigenvalue weighted by Crippen LogP contribution is 2.46. The van der Waals surface area contributed by atoms with E-state index >= 15 is 0 Å². The number of ether oxygens (including phenoxy) is 1. The van der Waals surface area contributed by atoms with E-state index in [0.717, 1.165) is 22.1 Å². The fraction of sp³-hybridized carbons (Fsp3) is 0.412. The van der Waals surface area contributed by atoms with Crippen LogP contribution in [-0.4, -0.2) is 6.10 Å². The normalized spacial score (nSPS) is 29.0. The first-order chi connectivity index (χ1) is 9.28. The average molecular weight is 317 g/mol. The zero-order valence-electron chi connectivity index (χ0n) is 10.8. The Morgan fingerprint density at radius 3 is 2.58 bits per heavy atom. The van der Waals surface area contributed by atoms with Gasteiger partial charge in [-0.1, -0.05) is 28.1 Å². The van der Waals surface area contributed by atoms with Crippen LogP contribution in [0.1, 0.15) is 25.7 Å². The van der Waals surface area contributed by atoms with Crippen LogP contribution in [0.3, 0.4) is 0 Å². The van der Waals surface area contributed by atoms with Crippen LogP contribution in [0.4, 0.5) is 0 Å². The molecule has 0 N–H and O–H groups in total. The van der Waals surface area contributed by atoms with Crippen molar-refractivity contribution in [1.82, 2.24) is 0 Å². The maximum Gasteiger partial charge on any atom is 0.120 e. The summed E-state index contributed by atoms with van der Waals surface area (Å²) in [5.41, 5.74) is 0. The third kappa shape index (κ3) is 2.16. The fourth-order valence-corrected chi connectivity index (χ4v) is 4.15. The second-order valence-electron chi connectivity index (χ2n) is 5.98. The molecule has 2 bridgehead atoms. The number of halogens is 1. The minimum absolute atomic E-state index is 0.464. The van der Waals surface area contributed by atoms with E-state index < -0.39 is 0 Å². The molecule has 4 rings (SSSR count). The Morgan fingerprint density at radius 2 is 1.79 bits per heavy atom. The Balaban J connectivity index is 1.60. The van der Waals surface area contributed by atoms with Crippen LogP contribution in [0.5, 0.6) is 5.75 Å². The van der Waals surface area contributed by atoms with Gasteiger partial charge >= 0.3 is 0 Å². The molecule has 2 heteroatoms. The van der Waals surface area contributed by atoms with E-state index in [2.05, 4.69) is 52.3 Å². The standard InChI is InChI=1S/C17H17BrO/c18-15-5-3-13-10-16(6-4-12(13)9-15)19-17-8-11-1-2-14(17)7-11/h3-6,9-11,14,17H,1-2,7-8H2. The molecule has 0 heterocycles. The van der Waals surface area contributed by atoms with Crippen LogP contribution in [-0.2, 0) is 0 Å². The third-order valence-corrected chi connectivity index (χ3v) is 5.23. The zero-order chi connectivity index (χ0) is 12.8. The summed E-state index contributed by atoms with van der Waals surface area (Å²) in [5.74, 6) is 2.78. The van der Waals surface area contributed by atoms with Crippen molar-refractivity contribution in [3.8, 4) is 5.75 Å². The lowest BCUT2D eigenvalue weighted by Crippen LogP contribution is -2.23. The summed E-state index contributed by atoms with van der Waals surface area (Å²) in [6.45, 7) is 0. The predicted molar refractivity (Wildman–Crippen MR) is 81.5 cm³/mol. The van der Waals surface area contributed by atoms with Crippen LogP contribution in [0, 0.1) is 11.8 Å². The first-order valence-corrected chi connectivity index (χ1v) is 7.93. The number of fused-ring (bicyclic) bond motifs is 3. The lowest BCUT2D eigenvalue weighted by Gasteiger charge is -2.23. The maximum absolute atomic E-state index is 6.24. The summed E-state index contributed by atoms with van der Waals surface area (Å²) in [5, 5.41) is 2.51. The van der Waals surface area contributed by atoms with E-state index in [1.54, 1.807) is 0 Å². The summed E-state index contributed by atoms with van der Waals surface area (Å²) in [6, 6.07) is 12.8. The Hall–Kier alpha value is -1.02. The summed E-state index contributed by atoms with van der Waals surface area (Å²) in [7, 11) is 0. The van der Waals surface area contributed by atoms with Gasteiger partial charge in [-0.25, -0.2) is 0 Å². The third-order valence-electron chi connectivity index (χ3n) is 4.73. The van der Waals surface area contributed by atoms with Crippen LogP contribution >= 0.6 is 15.9 Å². The lowest BCUT2D eigenvalue weighted by atomic mass is 9.97. The number of hydrogen-bond acceptors (Lipinski definition) is 1. The molecule has 2 aromatic carbocycles. The van der Waals surface area contributed by atoms with Crippen molar-refractivity contribution in [2.24, 2.45) is 11.8 Å². The van der Waals surface area contributed by atoms with Gasteiger partial charge in [-0.15, -0.1) is 0 Å². The SMILES string of the molecule is Brc1ccc2cc(OC3CC4CCC3C4)ccc2c1. The summed E-state index contributed by atoms with van der Waals surface area (Å²) in [4.78, 5) is 0. The van der Waals surface area contributed by atoms with Gasteiger partial charge < -0.3 is 4.74 Å². The van der Waals surface area contributed by atoms with Crippen molar-refractivity contribution in [2.45, 2.75) is 31.8 Å². The molecule has 98 valence electrons. The van der Waals surface area contributed by atoms with E-state index in [-0.39, 0.29) is 0 Å². The van der Waals surface area contributed by atoms with Crippen LogP contribution < -0.4 is 4.74 Å². The number of rotatable bonds is 2. The Morgan fingerprint density at radius 1 is 0.947 bits per heavy atom. The second-order valence-corrected chi connectivity index (χ2v) is 6.90. The molecule has 0 radical (unpaired) electrons. The van der Waals surface area contributed by atoms with E-state index in [1.807, 2.05) is 0 Å². The molecule has 2 aliphatic carbocycles. The highest BCUT2D eigenvalue weighted by molar-refractivity contribution is 9.10. The predicted octanol–water partition coefficient (Wildman–Crippen LogP) is 5.17. The first kappa shape index (κ1) is 11.8. The minimum Gasteiger partial charge on any atom is -0.490 e. The molecular formula is C17H17BrO. The summed E-state index contributed by atoms with van der Waals surface area (Å²) < 4.78 is 7.36. The van der Waals surface area contributed by atoms with E-state index in [0.29, 0.717) is 6.10 Å². The second kappa shape index (κ2) is 4.52. The van der Waals surface area contributed by atoms with Crippen LogP contribution in [0.2, 0.25) is 0 Å².